The van der Waals surface area contributed by atoms with Crippen LogP contribution in [0.3, 0.4) is 0 Å². The third kappa shape index (κ3) is 4.47. The highest BCUT2D eigenvalue weighted by atomic mass is 32.1. The van der Waals surface area contributed by atoms with E-state index in [4.69, 9.17) is 17.0 Å². The second-order valence-corrected chi connectivity index (χ2v) is 6.85. The number of carboxylic acids is 1. The Morgan fingerprint density at radius 1 is 1.35 bits per heavy atom. The van der Waals surface area contributed by atoms with Crippen molar-refractivity contribution >= 4 is 50.6 Å². The van der Waals surface area contributed by atoms with Gasteiger partial charge in [0.15, 0.2) is 5.11 Å². The van der Waals surface area contributed by atoms with Gasteiger partial charge in [0, 0.05) is 17.3 Å². The molecule has 0 aliphatic carbocycles. The molecule has 1 heterocycles. The Morgan fingerprint density at radius 3 is 2.96 bits per heavy atom. The molecule has 0 saturated carbocycles. The molecular formula is C18H17N3O3S2. The van der Waals surface area contributed by atoms with Gasteiger partial charge in [-0.05, 0) is 59.6 Å². The van der Waals surface area contributed by atoms with Gasteiger partial charge in [-0.1, -0.05) is 12.1 Å². The number of benzene rings is 2. The first-order valence-corrected chi connectivity index (χ1v) is 9.01. The standard InChI is InChI=1S/C18H17N3O3S2/c1-24-14-4-2-3-11(8-14)15(9-17(22)23)21-18(25)20-13-5-6-16-12(7-13)10-19-26-16/h2-8,10,15H,9H2,1H3,(H,22,23)(H2,20,21,25)/t15-/m0/s1. The van der Waals surface area contributed by atoms with E-state index in [1.54, 1.807) is 19.4 Å². The number of fused-ring (bicyclic) bond motifs is 1. The number of hydrogen-bond donors (Lipinski definition) is 3. The quantitative estimate of drug-likeness (QED) is 0.555. The average Bonchev–Trinajstić information content (AvgIpc) is 3.08. The summed E-state index contributed by atoms with van der Waals surface area (Å²) in [6.07, 6.45) is 1.69. The highest BCUT2D eigenvalue weighted by molar-refractivity contribution is 7.80. The van der Waals surface area contributed by atoms with Gasteiger partial charge in [-0.3, -0.25) is 4.79 Å². The molecule has 0 amide bonds. The summed E-state index contributed by atoms with van der Waals surface area (Å²) in [5.74, 6) is -0.257. The third-order valence-electron chi connectivity index (χ3n) is 3.79. The monoisotopic (exact) mass is 387 g/mol. The predicted octanol–water partition coefficient (Wildman–Crippen LogP) is 3.81. The van der Waals surface area contributed by atoms with Crippen LogP contribution in [0.4, 0.5) is 5.69 Å². The minimum Gasteiger partial charge on any atom is -0.497 e. The lowest BCUT2D eigenvalue weighted by atomic mass is 10.0. The number of carboxylic acid groups (broad SMARTS) is 1. The number of thiocarbonyl (C=S) groups is 1. The number of aromatic nitrogens is 1. The van der Waals surface area contributed by atoms with E-state index in [-0.39, 0.29) is 6.42 Å². The fourth-order valence-electron chi connectivity index (χ4n) is 2.56. The number of nitrogens with zero attached hydrogens (tertiary/aromatic N) is 1. The van der Waals surface area contributed by atoms with E-state index in [9.17, 15) is 9.90 Å². The van der Waals surface area contributed by atoms with Crippen molar-refractivity contribution in [1.82, 2.24) is 9.69 Å². The minimum atomic E-state index is -0.918. The molecule has 0 fully saturated rings. The number of rotatable bonds is 6. The molecule has 3 aromatic rings. The zero-order chi connectivity index (χ0) is 18.5. The fraction of sp³-hybridized carbons (Fsp3) is 0.167. The Morgan fingerprint density at radius 2 is 2.19 bits per heavy atom. The van der Waals surface area contributed by atoms with Crippen molar-refractivity contribution in [3.05, 3.63) is 54.2 Å². The zero-order valence-corrected chi connectivity index (χ0v) is 15.6. The molecule has 2 aromatic carbocycles. The second kappa shape index (κ2) is 8.11. The van der Waals surface area contributed by atoms with Crippen LogP contribution >= 0.6 is 23.8 Å². The van der Waals surface area contributed by atoms with Crippen LogP contribution in [0.15, 0.2) is 48.7 Å². The first-order chi connectivity index (χ1) is 12.5. The van der Waals surface area contributed by atoms with Crippen molar-refractivity contribution in [1.29, 1.82) is 0 Å². The summed E-state index contributed by atoms with van der Waals surface area (Å²) in [4.78, 5) is 11.3. The summed E-state index contributed by atoms with van der Waals surface area (Å²) in [6, 6.07) is 12.6. The van der Waals surface area contributed by atoms with Crippen LogP contribution in [-0.2, 0) is 4.79 Å². The van der Waals surface area contributed by atoms with Gasteiger partial charge in [0.1, 0.15) is 5.75 Å². The predicted molar refractivity (Wildman–Crippen MR) is 107 cm³/mol. The van der Waals surface area contributed by atoms with Gasteiger partial charge < -0.3 is 20.5 Å². The maximum Gasteiger partial charge on any atom is 0.305 e. The zero-order valence-electron chi connectivity index (χ0n) is 13.9. The molecule has 3 N–H and O–H groups in total. The smallest absolute Gasteiger partial charge is 0.305 e. The first kappa shape index (κ1) is 18.1. The molecule has 0 bridgehead atoms. The van der Waals surface area contributed by atoms with Gasteiger partial charge in [0.2, 0.25) is 0 Å². The van der Waals surface area contributed by atoms with E-state index >= 15 is 0 Å². The van der Waals surface area contributed by atoms with Gasteiger partial charge in [-0.2, -0.15) is 4.37 Å². The normalized spacial score (nSPS) is 11.7. The number of carbonyl (C=O) groups is 1. The molecule has 1 aromatic heterocycles. The van der Waals surface area contributed by atoms with E-state index < -0.39 is 12.0 Å². The molecular weight excluding hydrogens is 370 g/mol. The topological polar surface area (TPSA) is 83.5 Å². The van der Waals surface area contributed by atoms with Crippen LogP contribution in [-0.4, -0.2) is 27.7 Å². The average molecular weight is 387 g/mol. The van der Waals surface area contributed by atoms with Crippen molar-refractivity contribution in [3.63, 3.8) is 0 Å². The minimum absolute atomic E-state index is 0.109. The van der Waals surface area contributed by atoms with Crippen molar-refractivity contribution in [2.24, 2.45) is 0 Å². The van der Waals surface area contributed by atoms with E-state index in [1.807, 2.05) is 36.4 Å². The lowest BCUT2D eigenvalue weighted by molar-refractivity contribution is -0.137. The summed E-state index contributed by atoms with van der Waals surface area (Å²) in [7, 11) is 1.57. The summed E-state index contributed by atoms with van der Waals surface area (Å²) in [5.41, 5.74) is 1.60. The molecule has 1 atom stereocenters. The Bertz CT molecular complexity index is 942. The van der Waals surface area contributed by atoms with E-state index in [0.29, 0.717) is 10.9 Å². The number of anilines is 1. The number of methoxy groups -OCH3 is 1. The van der Waals surface area contributed by atoms with Crippen LogP contribution < -0.4 is 15.4 Å². The molecule has 3 rings (SSSR count). The van der Waals surface area contributed by atoms with Crippen molar-refractivity contribution in [2.75, 3.05) is 12.4 Å². The number of ether oxygens (including phenoxy) is 1. The number of nitrogens with one attached hydrogen (secondary N) is 2. The van der Waals surface area contributed by atoms with Crippen molar-refractivity contribution in [2.45, 2.75) is 12.5 Å². The van der Waals surface area contributed by atoms with Crippen molar-refractivity contribution in [3.8, 4) is 5.75 Å². The largest absolute Gasteiger partial charge is 0.497 e. The van der Waals surface area contributed by atoms with E-state index in [1.165, 1.54) is 11.5 Å². The summed E-state index contributed by atoms with van der Waals surface area (Å²) < 4.78 is 10.5. The maximum atomic E-state index is 11.3. The second-order valence-electron chi connectivity index (χ2n) is 5.60. The van der Waals surface area contributed by atoms with Gasteiger partial charge in [-0.25, -0.2) is 0 Å². The molecule has 8 heteroatoms. The highest BCUT2D eigenvalue weighted by Gasteiger charge is 2.17. The Labute approximate surface area is 160 Å². The highest BCUT2D eigenvalue weighted by Crippen LogP contribution is 2.24. The van der Waals surface area contributed by atoms with E-state index in [2.05, 4.69) is 15.0 Å². The number of hydrogen-bond acceptors (Lipinski definition) is 5. The van der Waals surface area contributed by atoms with Crippen LogP contribution in [0.25, 0.3) is 10.1 Å². The van der Waals surface area contributed by atoms with Crippen molar-refractivity contribution < 1.29 is 14.6 Å². The maximum absolute atomic E-state index is 11.3. The van der Waals surface area contributed by atoms with E-state index in [0.717, 1.165) is 21.3 Å². The molecule has 0 aliphatic heterocycles. The van der Waals surface area contributed by atoms with Crippen LogP contribution in [0.5, 0.6) is 5.75 Å². The summed E-state index contributed by atoms with van der Waals surface area (Å²) in [6.45, 7) is 0. The molecule has 0 aliphatic rings. The summed E-state index contributed by atoms with van der Waals surface area (Å²) >= 11 is 6.80. The van der Waals surface area contributed by atoms with Crippen LogP contribution in [0, 0.1) is 0 Å². The fourth-order valence-corrected chi connectivity index (χ4v) is 3.45. The molecule has 0 saturated heterocycles. The molecule has 0 spiro atoms. The SMILES string of the molecule is COc1cccc([C@H](CC(=O)O)NC(=S)Nc2ccc3sncc3c2)c1. The molecule has 0 unspecified atom stereocenters. The summed E-state index contributed by atoms with van der Waals surface area (Å²) in [5, 5.41) is 16.8. The Balaban J connectivity index is 1.74. The van der Waals surface area contributed by atoms with Gasteiger partial charge in [0.25, 0.3) is 0 Å². The molecule has 6 nitrogen and oxygen atoms in total. The molecule has 134 valence electrons. The third-order valence-corrected chi connectivity index (χ3v) is 4.79. The lowest BCUT2D eigenvalue weighted by Gasteiger charge is -2.20. The number of aliphatic carboxylic acids is 1. The van der Waals surface area contributed by atoms with Gasteiger partial charge in [-0.15, -0.1) is 0 Å². The Kier molecular flexibility index (Phi) is 5.65. The van der Waals surface area contributed by atoms with Crippen LogP contribution in [0.2, 0.25) is 0 Å². The molecule has 26 heavy (non-hydrogen) atoms. The first-order valence-electron chi connectivity index (χ1n) is 7.83. The molecule has 0 radical (unpaired) electrons. The van der Waals surface area contributed by atoms with Gasteiger partial charge in [0.05, 0.1) is 24.3 Å². The van der Waals surface area contributed by atoms with Crippen LogP contribution in [0.1, 0.15) is 18.0 Å². The van der Waals surface area contributed by atoms with Gasteiger partial charge >= 0.3 is 5.97 Å². The lowest BCUT2D eigenvalue weighted by Crippen LogP contribution is -2.33. The Hall–Kier alpha value is -2.71.